The molecule has 7 heteroatoms. The maximum atomic E-state index is 12.7. The Hall–Kier alpha value is -4.26. The number of benzene rings is 2. The van der Waals surface area contributed by atoms with Crippen molar-refractivity contribution >= 4 is 39.3 Å². The van der Waals surface area contributed by atoms with Gasteiger partial charge in [-0.25, -0.2) is 9.78 Å². The maximum Gasteiger partial charge on any atom is 0.323 e. The predicted octanol–water partition coefficient (Wildman–Crippen LogP) is 5.22. The van der Waals surface area contributed by atoms with Gasteiger partial charge in [-0.15, -0.1) is 0 Å². The fourth-order valence-electron chi connectivity index (χ4n) is 3.48. The highest BCUT2D eigenvalue weighted by molar-refractivity contribution is 6.05. The molecule has 0 atom stereocenters. The molecule has 3 heterocycles. The summed E-state index contributed by atoms with van der Waals surface area (Å²) in [7, 11) is -2.60. The van der Waals surface area contributed by atoms with Gasteiger partial charge in [-0.2, -0.15) is 0 Å². The van der Waals surface area contributed by atoms with Crippen LogP contribution in [-0.4, -0.2) is 27.6 Å². The smallest absolute Gasteiger partial charge is 0.323 e. The van der Waals surface area contributed by atoms with Crippen molar-refractivity contribution in [2.45, 2.75) is 6.50 Å². The molecular weight excluding hydrogens is 390 g/mol. The molecule has 0 fully saturated rings. The molecule has 3 N–H and O–H groups in total. The van der Waals surface area contributed by atoms with Gasteiger partial charge >= 0.3 is 6.03 Å². The quantitative estimate of drug-likeness (QED) is 0.367. The monoisotopic (exact) mass is 416 g/mol. The molecule has 0 saturated heterocycles. The lowest BCUT2D eigenvalue weighted by atomic mass is 10.2. The topological polar surface area (TPSA) is 84.0 Å². The number of nitrogens with zero attached hydrogens (tertiary/aromatic N) is 2. The van der Waals surface area contributed by atoms with E-state index < -0.39 is 19.6 Å². The number of carbonyl (C=O) groups is 1. The van der Waals surface area contributed by atoms with Crippen LogP contribution < -0.4 is 15.4 Å². The summed E-state index contributed by atoms with van der Waals surface area (Å²) >= 11 is 0. The lowest BCUT2D eigenvalue weighted by molar-refractivity contribution is 0.262. The molecule has 0 unspecified atom stereocenters. The molecule has 2 aromatic carbocycles. The molecule has 0 aliphatic rings. The van der Waals surface area contributed by atoms with Crippen LogP contribution in [0.15, 0.2) is 79.3 Å². The van der Waals surface area contributed by atoms with E-state index in [1.165, 1.54) is 16.7 Å². The molecule has 0 saturated carbocycles. The zero-order chi connectivity index (χ0) is 25.5. The number of urea groups is 1. The van der Waals surface area contributed by atoms with Crippen LogP contribution in [0.3, 0.4) is 0 Å². The van der Waals surface area contributed by atoms with E-state index in [0.717, 1.165) is 0 Å². The van der Waals surface area contributed by atoms with E-state index >= 15 is 0 Å². The summed E-state index contributed by atoms with van der Waals surface area (Å²) in [5.41, 5.74) is 2.48. The van der Waals surface area contributed by atoms with E-state index in [9.17, 15) is 4.79 Å². The van der Waals surface area contributed by atoms with Crippen LogP contribution in [0.25, 0.3) is 21.9 Å². The standard InChI is InChI=1S/C24H21N5O2/c1-31-18-5-2-4-17(14-18)27-24(30)28-21-6-3-7-22-20(21)10-13-29(22)15-16-8-11-25-23-19(16)9-12-26-23/h2-14H,15H2,1H3,(H,25,26)(H2,27,28,30)/i1D3,15D2. The molecule has 31 heavy (non-hydrogen) atoms. The highest BCUT2D eigenvalue weighted by Crippen LogP contribution is 2.27. The summed E-state index contributed by atoms with van der Waals surface area (Å²) in [6, 6.07) is 15.9. The summed E-state index contributed by atoms with van der Waals surface area (Å²) in [5.74, 6) is 0.0989. The summed E-state index contributed by atoms with van der Waals surface area (Å²) in [6.45, 7) is -1.89. The Balaban J connectivity index is 1.41. The number of aromatic nitrogens is 3. The number of hydrogen-bond acceptors (Lipinski definition) is 3. The molecular formula is C24H21N5O2. The first-order chi connectivity index (χ1) is 17.1. The fourth-order valence-corrected chi connectivity index (χ4v) is 3.48. The minimum absolute atomic E-state index is 0.0989. The summed E-state index contributed by atoms with van der Waals surface area (Å²) in [5, 5.41) is 6.77. The van der Waals surface area contributed by atoms with E-state index in [1.807, 2.05) is 0 Å². The number of H-pyrrole nitrogens is 1. The van der Waals surface area contributed by atoms with Crippen LogP contribution in [0, 0.1) is 0 Å². The number of rotatable bonds is 5. The van der Waals surface area contributed by atoms with Gasteiger partial charge in [0.05, 0.1) is 25.1 Å². The molecule has 0 aliphatic heterocycles. The number of carbonyl (C=O) groups excluding carboxylic acids is 1. The van der Waals surface area contributed by atoms with Crippen molar-refractivity contribution in [1.29, 1.82) is 0 Å². The summed E-state index contributed by atoms with van der Waals surface area (Å²) in [4.78, 5) is 19.9. The van der Waals surface area contributed by atoms with E-state index in [-0.39, 0.29) is 5.75 Å². The molecule has 0 aliphatic carbocycles. The number of hydrogen-bond donors (Lipinski definition) is 3. The Morgan fingerprint density at radius 2 is 2.10 bits per heavy atom. The van der Waals surface area contributed by atoms with Gasteiger partial charge in [0.25, 0.3) is 0 Å². The fraction of sp³-hybridized carbons (Fsp3) is 0.0833. The minimum Gasteiger partial charge on any atom is -0.497 e. The van der Waals surface area contributed by atoms with Crippen LogP contribution in [0.2, 0.25) is 0 Å². The second-order valence-electron chi connectivity index (χ2n) is 6.84. The number of pyridine rings is 1. The van der Waals surface area contributed by atoms with Crippen LogP contribution in [0.4, 0.5) is 16.2 Å². The number of nitrogens with one attached hydrogen (secondary N) is 3. The molecule has 5 rings (SSSR count). The number of ether oxygens (including phenoxy) is 1. The molecule has 7 nitrogen and oxygen atoms in total. The first-order valence-electron chi connectivity index (χ1n) is 12.0. The number of methoxy groups -OCH3 is 1. The second-order valence-corrected chi connectivity index (χ2v) is 6.84. The van der Waals surface area contributed by atoms with Crippen LogP contribution in [0.1, 0.15) is 12.4 Å². The Morgan fingerprint density at radius 3 is 3.03 bits per heavy atom. The van der Waals surface area contributed by atoms with Crippen LogP contribution in [-0.2, 0) is 6.50 Å². The van der Waals surface area contributed by atoms with Crippen molar-refractivity contribution in [3.63, 3.8) is 0 Å². The largest absolute Gasteiger partial charge is 0.497 e. The van der Waals surface area contributed by atoms with Gasteiger partial charge in [-0.1, -0.05) is 12.1 Å². The zero-order valence-corrected chi connectivity index (χ0v) is 16.2. The zero-order valence-electron chi connectivity index (χ0n) is 21.2. The lowest BCUT2D eigenvalue weighted by Crippen LogP contribution is -2.19. The Bertz CT molecular complexity index is 1570. The van der Waals surface area contributed by atoms with Crippen molar-refractivity contribution in [1.82, 2.24) is 14.5 Å². The van der Waals surface area contributed by atoms with Gasteiger partial charge in [-0.3, -0.25) is 0 Å². The van der Waals surface area contributed by atoms with Crippen molar-refractivity contribution in [2.24, 2.45) is 0 Å². The highest BCUT2D eigenvalue weighted by Gasteiger charge is 2.11. The van der Waals surface area contributed by atoms with Gasteiger partial charge in [-0.05, 0) is 48.0 Å². The number of amides is 2. The highest BCUT2D eigenvalue weighted by atomic mass is 16.5. The number of anilines is 2. The molecule has 5 aromatic rings. The van der Waals surface area contributed by atoms with Gasteiger partial charge in [0.15, 0.2) is 0 Å². The third-order valence-electron chi connectivity index (χ3n) is 4.89. The van der Waals surface area contributed by atoms with Gasteiger partial charge in [0, 0.05) is 47.6 Å². The third-order valence-corrected chi connectivity index (χ3v) is 4.89. The molecule has 154 valence electrons. The number of fused-ring (bicyclic) bond motifs is 2. The van der Waals surface area contributed by atoms with Gasteiger partial charge < -0.3 is 24.9 Å². The Labute approximate surface area is 185 Å². The first-order valence-corrected chi connectivity index (χ1v) is 9.52. The maximum absolute atomic E-state index is 12.7. The van der Waals surface area contributed by atoms with Crippen LogP contribution in [0.5, 0.6) is 5.75 Å². The van der Waals surface area contributed by atoms with E-state index in [1.54, 1.807) is 67.1 Å². The molecule has 2 amide bonds. The third kappa shape index (κ3) is 3.69. The minimum atomic E-state index is -2.60. The predicted molar refractivity (Wildman–Crippen MR) is 123 cm³/mol. The average Bonchev–Trinajstić information content (AvgIpc) is 3.46. The Morgan fingerprint density at radius 1 is 1.16 bits per heavy atom. The van der Waals surface area contributed by atoms with E-state index in [2.05, 4.69) is 20.6 Å². The normalized spacial score (nSPS) is 14.3. The molecule has 3 aromatic heterocycles. The lowest BCUT2D eigenvalue weighted by Gasteiger charge is -2.11. The van der Waals surface area contributed by atoms with E-state index in [4.69, 9.17) is 11.6 Å². The Kier molecular flexibility index (Phi) is 3.52. The summed E-state index contributed by atoms with van der Waals surface area (Å²) in [6.07, 6.45) is 4.92. The van der Waals surface area contributed by atoms with Crippen LogP contribution >= 0.6 is 0 Å². The summed E-state index contributed by atoms with van der Waals surface area (Å²) < 4.78 is 45.9. The van der Waals surface area contributed by atoms with Crippen molar-refractivity contribution in [3.05, 3.63) is 84.8 Å². The molecule has 0 radical (unpaired) electrons. The molecule has 0 spiro atoms. The van der Waals surface area contributed by atoms with Crippen molar-refractivity contribution < 1.29 is 16.4 Å². The first kappa shape index (κ1) is 13.9. The SMILES string of the molecule is [2H]C([2H])([2H])Oc1cccc(NC(=O)Nc2cccc3c2ccn3C([2H])([2H])c2ccnc3[nH]ccc23)c1. The van der Waals surface area contributed by atoms with Gasteiger partial charge in [0.2, 0.25) is 0 Å². The van der Waals surface area contributed by atoms with Crippen molar-refractivity contribution in [3.8, 4) is 5.75 Å². The van der Waals surface area contributed by atoms with Gasteiger partial charge in [0.1, 0.15) is 11.4 Å². The van der Waals surface area contributed by atoms with E-state index in [0.29, 0.717) is 38.9 Å². The van der Waals surface area contributed by atoms with Crippen molar-refractivity contribution in [2.75, 3.05) is 17.7 Å². The number of aromatic amines is 1. The second kappa shape index (κ2) is 7.87. The average molecular weight is 416 g/mol. The molecule has 0 bridgehead atoms.